The molecule has 2 aliphatic heterocycles. The van der Waals surface area contributed by atoms with Crippen molar-refractivity contribution >= 4 is 11.3 Å². The van der Waals surface area contributed by atoms with Crippen molar-refractivity contribution in [3.8, 4) is 11.3 Å². The summed E-state index contributed by atoms with van der Waals surface area (Å²) >= 11 is 1.72. The van der Waals surface area contributed by atoms with Crippen molar-refractivity contribution in [2.24, 2.45) is 0 Å². The number of aryl methyl sites for hydroxylation is 2. The van der Waals surface area contributed by atoms with Gasteiger partial charge in [0.1, 0.15) is 11.9 Å². The van der Waals surface area contributed by atoms with Gasteiger partial charge in [-0.15, -0.1) is 0 Å². The molecule has 0 bridgehead atoms. The minimum atomic E-state index is -0.0792. The summed E-state index contributed by atoms with van der Waals surface area (Å²) in [7, 11) is 2.19. The Kier molecular flexibility index (Phi) is 4.60. The largest absolute Gasteiger partial charge is 0.362 e. The average Bonchev–Trinajstić information content (AvgIpc) is 3.34. The van der Waals surface area contributed by atoms with E-state index in [9.17, 15) is 0 Å². The van der Waals surface area contributed by atoms with Crippen molar-refractivity contribution in [2.45, 2.75) is 38.0 Å². The van der Waals surface area contributed by atoms with Crippen LogP contribution >= 0.6 is 11.3 Å². The summed E-state index contributed by atoms with van der Waals surface area (Å²) < 4.78 is 9.05. The first-order chi connectivity index (χ1) is 13.3. The van der Waals surface area contributed by atoms with E-state index in [0.29, 0.717) is 6.10 Å². The number of imidazole rings is 1. The first-order valence-corrected chi connectivity index (χ1v) is 10.7. The van der Waals surface area contributed by atoms with Crippen LogP contribution in [0.2, 0.25) is 0 Å². The molecule has 3 aromatic rings. The second-order valence-corrected chi connectivity index (χ2v) is 8.44. The van der Waals surface area contributed by atoms with Crippen molar-refractivity contribution in [3.05, 3.63) is 64.2 Å². The number of thiophene rings is 1. The summed E-state index contributed by atoms with van der Waals surface area (Å²) in [6.07, 6.45) is 5.63. The molecular formula is C22H25N3OS. The van der Waals surface area contributed by atoms with Gasteiger partial charge in [-0.05, 0) is 48.9 Å². The molecule has 0 aliphatic carbocycles. The number of aromatic nitrogens is 2. The molecule has 1 unspecified atom stereocenters. The van der Waals surface area contributed by atoms with Crippen LogP contribution in [0.15, 0.2) is 47.3 Å². The Hall–Kier alpha value is -1.95. The highest BCUT2D eigenvalue weighted by atomic mass is 32.1. The standard InChI is InChI=1S/C22H25N3OS/c1-24-10-7-18(8-11-24)26-21-19-5-3-2-4-16(19)6-12-25-14-20(23-22(21)25)17-9-13-27-15-17/h2-5,9,13-15,18,21H,6-8,10-12H2,1H3. The fraction of sp³-hybridized carbons (Fsp3) is 0.409. The fourth-order valence-corrected chi connectivity index (χ4v) is 4.86. The van der Waals surface area contributed by atoms with Crippen LogP contribution in [0.25, 0.3) is 11.3 Å². The van der Waals surface area contributed by atoms with Crippen molar-refractivity contribution in [2.75, 3.05) is 20.1 Å². The fourth-order valence-electron chi connectivity index (χ4n) is 4.21. The van der Waals surface area contributed by atoms with Crippen LogP contribution in [-0.2, 0) is 17.7 Å². The topological polar surface area (TPSA) is 30.3 Å². The summed E-state index contributed by atoms with van der Waals surface area (Å²) in [5, 5.41) is 4.28. The maximum atomic E-state index is 6.74. The summed E-state index contributed by atoms with van der Waals surface area (Å²) in [4.78, 5) is 7.43. The Labute approximate surface area is 164 Å². The Morgan fingerprint density at radius 2 is 1.96 bits per heavy atom. The predicted molar refractivity (Wildman–Crippen MR) is 109 cm³/mol. The molecule has 4 nitrogen and oxygen atoms in total. The summed E-state index contributed by atoms with van der Waals surface area (Å²) in [6.45, 7) is 3.16. The Morgan fingerprint density at radius 3 is 2.78 bits per heavy atom. The Bertz CT molecular complexity index is 910. The number of ether oxygens (including phenoxy) is 1. The predicted octanol–water partition coefficient (Wildman–Crippen LogP) is 4.37. The number of hydrogen-bond acceptors (Lipinski definition) is 4. The second-order valence-electron chi connectivity index (χ2n) is 7.66. The molecule has 0 spiro atoms. The van der Waals surface area contributed by atoms with E-state index in [0.717, 1.165) is 50.4 Å². The van der Waals surface area contributed by atoms with Gasteiger partial charge in [-0.2, -0.15) is 11.3 Å². The van der Waals surface area contributed by atoms with Crippen LogP contribution in [0.4, 0.5) is 0 Å². The maximum Gasteiger partial charge on any atom is 0.143 e. The lowest BCUT2D eigenvalue weighted by atomic mass is 10.00. The molecule has 27 heavy (non-hydrogen) atoms. The van der Waals surface area contributed by atoms with Gasteiger partial charge in [-0.25, -0.2) is 4.98 Å². The summed E-state index contributed by atoms with van der Waals surface area (Å²) in [5.41, 5.74) is 4.94. The Morgan fingerprint density at radius 1 is 1.11 bits per heavy atom. The molecule has 2 aromatic heterocycles. The SMILES string of the molecule is CN1CCC(OC2c3ccccc3CCn3cc(-c4ccsc4)nc32)CC1. The van der Waals surface area contributed by atoms with Crippen molar-refractivity contribution < 1.29 is 4.74 Å². The van der Waals surface area contributed by atoms with Gasteiger partial charge in [-0.3, -0.25) is 0 Å². The van der Waals surface area contributed by atoms with Crippen LogP contribution in [0.1, 0.15) is 35.9 Å². The van der Waals surface area contributed by atoms with Gasteiger partial charge in [0.2, 0.25) is 0 Å². The number of fused-ring (bicyclic) bond motifs is 2. The van der Waals surface area contributed by atoms with Crippen LogP contribution < -0.4 is 0 Å². The Balaban J connectivity index is 1.53. The van der Waals surface area contributed by atoms with Gasteiger partial charge < -0.3 is 14.2 Å². The van der Waals surface area contributed by atoms with Gasteiger partial charge in [0.05, 0.1) is 11.8 Å². The van der Waals surface area contributed by atoms with Crippen LogP contribution in [0.5, 0.6) is 0 Å². The third-order valence-electron chi connectivity index (χ3n) is 5.81. The normalized spacial score (nSPS) is 20.9. The number of likely N-dealkylation sites (tertiary alicyclic amines) is 1. The molecule has 4 heterocycles. The zero-order valence-corrected chi connectivity index (χ0v) is 16.5. The quantitative estimate of drug-likeness (QED) is 0.677. The zero-order chi connectivity index (χ0) is 18.2. The van der Waals surface area contributed by atoms with Gasteiger partial charge in [0.15, 0.2) is 0 Å². The molecule has 140 valence electrons. The molecule has 2 aliphatic rings. The highest BCUT2D eigenvalue weighted by Crippen LogP contribution is 2.36. The highest BCUT2D eigenvalue weighted by Gasteiger charge is 2.30. The first-order valence-electron chi connectivity index (χ1n) is 9.79. The molecule has 1 atom stereocenters. The van der Waals surface area contributed by atoms with E-state index >= 15 is 0 Å². The van der Waals surface area contributed by atoms with Crippen LogP contribution in [-0.4, -0.2) is 40.7 Å². The van der Waals surface area contributed by atoms with Gasteiger partial charge >= 0.3 is 0 Å². The molecule has 5 rings (SSSR count). The number of benzene rings is 1. The summed E-state index contributed by atoms with van der Waals surface area (Å²) in [5.74, 6) is 1.06. The van der Waals surface area contributed by atoms with E-state index in [2.05, 4.69) is 63.8 Å². The zero-order valence-electron chi connectivity index (χ0n) is 15.7. The molecular weight excluding hydrogens is 354 g/mol. The van der Waals surface area contributed by atoms with Crippen molar-refractivity contribution in [1.29, 1.82) is 0 Å². The lowest BCUT2D eigenvalue weighted by Crippen LogP contribution is -2.35. The van der Waals surface area contributed by atoms with E-state index < -0.39 is 0 Å². The number of rotatable bonds is 3. The summed E-state index contributed by atoms with van der Waals surface area (Å²) in [6, 6.07) is 10.9. The second kappa shape index (κ2) is 7.23. The molecule has 1 fully saturated rings. The molecule has 0 radical (unpaired) electrons. The smallest absolute Gasteiger partial charge is 0.143 e. The van der Waals surface area contributed by atoms with Crippen LogP contribution in [0, 0.1) is 0 Å². The van der Waals surface area contributed by atoms with E-state index in [1.54, 1.807) is 11.3 Å². The van der Waals surface area contributed by atoms with Gasteiger partial charge in [0, 0.05) is 36.8 Å². The lowest BCUT2D eigenvalue weighted by Gasteiger charge is -2.32. The van der Waals surface area contributed by atoms with E-state index in [4.69, 9.17) is 9.72 Å². The van der Waals surface area contributed by atoms with Crippen LogP contribution in [0.3, 0.4) is 0 Å². The molecule has 1 aromatic carbocycles. The van der Waals surface area contributed by atoms with Crippen molar-refractivity contribution in [3.63, 3.8) is 0 Å². The highest BCUT2D eigenvalue weighted by molar-refractivity contribution is 7.08. The van der Waals surface area contributed by atoms with E-state index in [-0.39, 0.29) is 6.10 Å². The lowest BCUT2D eigenvalue weighted by molar-refractivity contribution is -0.0275. The molecule has 0 saturated carbocycles. The van der Waals surface area contributed by atoms with E-state index in [1.807, 2.05) is 0 Å². The molecule has 5 heteroatoms. The average molecular weight is 380 g/mol. The monoisotopic (exact) mass is 379 g/mol. The van der Waals surface area contributed by atoms with Gasteiger partial charge in [0.25, 0.3) is 0 Å². The third-order valence-corrected chi connectivity index (χ3v) is 6.50. The molecule has 0 amide bonds. The third kappa shape index (κ3) is 3.35. The molecule has 1 saturated heterocycles. The number of nitrogens with zero attached hydrogens (tertiary/aromatic N) is 3. The minimum absolute atomic E-state index is 0.0792. The number of hydrogen-bond donors (Lipinski definition) is 0. The van der Waals surface area contributed by atoms with E-state index in [1.165, 1.54) is 16.7 Å². The minimum Gasteiger partial charge on any atom is -0.362 e. The molecule has 0 N–H and O–H groups in total. The first kappa shape index (κ1) is 17.2. The van der Waals surface area contributed by atoms with Crippen molar-refractivity contribution in [1.82, 2.24) is 14.5 Å². The number of piperidine rings is 1. The maximum absolute atomic E-state index is 6.74. The van der Waals surface area contributed by atoms with Gasteiger partial charge in [-0.1, -0.05) is 24.3 Å².